The summed E-state index contributed by atoms with van der Waals surface area (Å²) < 4.78 is 38.3. The molecule has 3 amide bonds. The number of benzene rings is 1. The van der Waals surface area contributed by atoms with E-state index < -0.39 is 17.8 Å². The summed E-state index contributed by atoms with van der Waals surface area (Å²) >= 11 is 0. The van der Waals surface area contributed by atoms with Gasteiger partial charge in [0, 0.05) is 13.1 Å². The third kappa shape index (κ3) is 2.56. The fraction of sp³-hybridized carbons (Fsp3) is 0.412. The Hall–Kier alpha value is -2.51. The molecule has 5 nitrogen and oxygen atoms in total. The van der Waals surface area contributed by atoms with Crippen molar-refractivity contribution in [2.45, 2.75) is 31.1 Å². The predicted molar refractivity (Wildman–Crippen MR) is 82.2 cm³/mol. The van der Waals surface area contributed by atoms with Gasteiger partial charge in [0.25, 0.3) is 5.91 Å². The quantitative estimate of drug-likeness (QED) is 0.891. The highest BCUT2D eigenvalue weighted by Gasteiger charge is 2.47. The van der Waals surface area contributed by atoms with Crippen molar-refractivity contribution in [1.82, 2.24) is 15.1 Å². The molecule has 1 aromatic carbocycles. The van der Waals surface area contributed by atoms with E-state index >= 15 is 0 Å². The molecule has 1 aromatic rings. The monoisotopic (exact) mass is 351 g/mol. The number of likely N-dealkylation sites (N-methyl/N-ethyl adjacent to an activating group) is 1. The van der Waals surface area contributed by atoms with Crippen molar-refractivity contribution < 1.29 is 22.8 Å². The van der Waals surface area contributed by atoms with Gasteiger partial charge in [0.15, 0.2) is 0 Å². The maximum absolute atomic E-state index is 12.8. The van der Waals surface area contributed by atoms with Crippen molar-refractivity contribution in [2.24, 2.45) is 0 Å². The van der Waals surface area contributed by atoms with Crippen LogP contribution in [0.4, 0.5) is 18.0 Å². The molecule has 2 aliphatic heterocycles. The number of nitrogens with one attached hydrogen (secondary N) is 1. The Kier molecular flexibility index (Phi) is 3.35. The molecule has 1 aliphatic carbocycles. The summed E-state index contributed by atoms with van der Waals surface area (Å²) in [5.74, 6) is -0.144. The Bertz CT molecular complexity index is 781. The lowest BCUT2D eigenvalue weighted by molar-refractivity contribution is -0.137. The minimum absolute atomic E-state index is 0.144. The van der Waals surface area contributed by atoms with Gasteiger partial charge < -0.3 is 10.2 Å². The van der Waals surface area contributed by atoms with E-state index in [1.54, 1.807) is 11.9 Å². The Labute approximate surface area is 142 Å². The molecule has 1 atom stereocenters. The predicted octanol–water partition coefficient (Wildman–Crippen LogP) is 2.66. The molecule has 0 saturated heterocycles. The highest BCUT2D eigenvalue weighted by molar-refractivity contribution is 6.01. The molecule has 0 radical (unpaired) electrons. The van der Waals surface area contributed by atoms with Crippen molar-refractivity contribution >= 4 is 11.9 Å². The first-order chi connectivity index (χ1) is 11.8. The van der Waals surface area contributed by atoms with Crippen LogP contribution in [0.25, 0.3) is 0 Å². The molecule has 4 rings (SSSR count). The number of carbonyl (C=O) groups is 2. The van der Waals surface area contributed by atoms with Crippen LogP contribution in [0.1, 0.15) is 30.0 Å². The minimum Gasteiger partial charge on any atom is -0.330 e. The fourth-order valence-electron chi connectivity index (χ4n) is 3.38. The maximum atomic E-state index is 12.8. The SMILES string of the molecule is CN1C(=O)N[C@@H](c2ccc(C(F)(F)F)cc2)C2=C1CN(C1CC1)C2=O. The van der Waals surface area contributed by atoms with Crippen LogP contribution in [0.3, 0.4) is 0 Å². The number of urea groups is 1. The lowest BCUT2D eigenvalue weighted by Crippen LogP contribution is -2.45. The van der Waals surface area contributed by atoms with E-state index in [0.29, 0.717) is 23.4 Å². The summed E-state index contributed by atoms with van der Waals surface area (Å²) in [6.45, 7) is 0.375. The third-order valence-electron chi connectivity index (χ3n) is 4.95. The van der Waals surface area contributed by atoms with Gasteiger partial charge in [0.05, 0.1) is 29.4 Å². The fourth-order valence-corrected chi connectivity index (χ4v) is 3.38. The Balaban J connectivity index is 1.71. The summed E-state index contributed by atoms with van der Waals surface area (Å²) in [6.07, 6.45) is -2.53. The number of hydrogen-bond acceptors (Lipinski definition) is 2. The summed E-state index contributed by atoms with van der Waals surface area (Å²) in [4.78, 5) is 28.2. The molecule has 0 unspecified atom stereocenters. The van der Waals surface area contributed by atoms with E-state index in [4.69, 9.17) is 0 Å². The van der Waals surface area contributed by atoms with Crippen LogP contribution in [0.5, 0.6) is 0 Å². The number of carbonyl (C=O) groups excluding carboxylic acids is 2. The second-order valence-corrected chi connectivity index (χ2v) is 6.59. The first kappa shape index (κ1) is 16.0. The number of hydrogen-bond donors (Lipinski definition) is 1. The van der Waals surface area contributed by atoms with E-state index in [-0.39, 0.29) is 18.0 Å². The van der Waals surface area contributed by atoms with Gasteiger partial charge in [0.1, 0.15) is 0 Å². The number of rotatable bonds is 2. The van der Waals surface area contributed by atoms with E-state index in [1.807, 2.05) is 0 Å². The average molecular weight is 351 g/mol. The largest absolute Gasteiger partial charge is 0.416 e. The lowest BCUT2D eigenvalue weighted by Gasteiger charge is -2.31. The summed E-state index contributed by atoms with van der Waals surface area (Å²) in [5.41, 5.74) is 0.786. The molecule has 1 N–H and O–H groups in total. The molecular formula is C17H16F3N3O2. The first-order valence-corrected chi connectivity index (χ1v) is 8.03. The number of amides is 3. The molecule has 1 fully saturated rings. The molecule has 8 heteroatoms. The van der Waals surface area contributed by atoms with Gasteiger partial charge in [-0.3, -0.25) is 9.69 Å². The molecule has 2 heterocycles. The Morgan fingerprint density at radius 1 is 1.12 bits per heavy atom. The molecule has 0 aromatic heterocycles. The van der Waals surface area contributed by atoms with Crippen LogP contribution in [-0.4, -0.2) is 41.4 Å². The van der Waals surface area contributed by atoms with Crippen LogP contribution in [0.2, 0.25) is 0 Å². The number of alkyl halides is 3. The molecule has 3 aliphatic rings. The normalized spacial score (nSPS) is 23.9. The second-order valence-electron chi connectivity index (χ2n) is 6.59. The van der Waals surface area contributed by atoms with Crippen LogP contribution < -0.4 is 5.32 Å². The highest BCUT2D eigenvalue weighted by Crippen LogP contribution is 2.40. The van der Waals surface area contributed by atoms with Crippen LogP contribution in [0.15, 0.2) is 35.5 Å². The van der Waals surface area contributed by atoms with Gasteiger partial charge in [0.2, 0.25) is 0 Å². The molecule has 0 spiro atoms. The van der Waals surface area contributed by atoms with Gasteiger partial charge in [-0.15, -0.1) is 0 Å². The topological polar surface area (TPSA) is 52.7 Å². The van der Waals surface area contributed by atoms with Crippen molar-refractivity contribution in [3.8, 4) is 0 Å². The van der Waals surface area contributed by atoms with Crippen LogP contribution in [-0.2, 0) is 11.0 Å². The average Bonchev–Trinajstić information content (AvgIpc) is 3.34. The van der Waals surface area contributed by atoms with Crippen LogP contribution in [0, 0.1) is 0 Å². The number of nitrogens with zero attached hydrogens (tertiary/aromatic N) is 2. The number of halogens is 3. The third-order valence-corrected chi connectivity index (χ3v) is 4.95. The van der Waals surface area contributed by atoms with Crippen molar-refractivity contribution in [3.63, 3.8) is 0 Å². The summed E-state index contributed by atoms with van der Waals surface area (Å²) in [5, 5.41) is 2.72. The van der Waals surface area contributed by atoms with Crippen LogP contribution >= 0.6 is 0 Å². The van der Waals surface area contributed by atoms with Crippen molar-refractivity contribution in [3.05, 3.63) is 46.7 Å². The van der Waals surface area contributed by atoms with Gasteiger partial charge in [-0.2, -0.15) is 13.2 Å². The first-order valence-electron chi connectivity index (χ1n) is 8.03. The zero-order valence-corrected chi connectivity index (χ0v) is 13.4. The zero-order chi connectivity index (χ0) is 17.9. The Morgan fingerprint density at radius 3 is 2.32 bits per heavy atom. The molecule has 0 bridgehead atoms. The standard InChI is InChI=1S/C17H16F3N3O2/c1-22-12-8-23(11-6-7-11)15(24)13(12)14(21-16(22)25)9-2-4-10(5-3-9)17(18,19)20/h2-5,11,14H,6-8H2,1H3,(H,21,25)/t14-/m0/s1. The van der Waals surface area contributed by atoms with Crippen molar-refractivity contribution in [1.29, 1.82) is 0 Å². The van der Waals surface area contributed by atoms with Crippen molar-refractivity contribution in [2.75, 3.05) is 13.6 Å². The van der Waals surface area contributed by atoms with E-state index in [0.717, 1.165) is 25.0 Å². The van der Waals surface area contributed by atoms with Gasteiger partial charge in [-0.05, 0) is 30.5 Å². The van der Waals surface area contributed by atoms with Gasteiger partial charge >= 0.3 is 12.2 Å². The lowest BCUT2D eigenvalue weighted by atomic mass is 9.95. The molecule has 25 heavy (non-hydrogen) atoms. The van der Waals surface area contributed by atoms with Gasteiger partial charge in [-0.25, -0.2) is 4.79 Å². The minimum atomic E-state index is -4.43. The Morgan fingerprint density at radius 2 is 1.76 bits per heavy atom. The molecular weight excluding hydrogens is 335 g/mol. The second kappa shape index (κ2) is 5.24. The smallest absolute Gasteiger partial charge is 0.330 e. The summed E-state index contributed by atoms with van der Waals surface area (Å²) in [6, 6.07) is 3.69. The maximum Gasteiger partial charge on any atom is 0.416 e. The summed E-state index contributed by atoms with van der Waals surface area (Å²) in [7, 11) is 1.59. The van der Waals surface area contributed by atoms with Gasteiger partial charge in [-0.1, -0.05) is 12.1 Å². The highest BCUT2D eigenvalue weighted by atomic mass is 19.4. The van der Waals surface area contributed by atoms with E-state index in [1.165, 1.54) is 17.0 Å². The zero-order valence-electron chi connectivity index (χ0n) is 13.4. The molecule has 1 saturated carbocycles. The van der Waals surface area contributed by atoms with E-state index in [9.17, 15) is 22.8 Å². The molecule has 132 valence electrons. The van der Waals surface area contributed by atoms with E-state index in [2.05, 4.69) is 5.32 Å².